The number of ketones is 1. The van der Waals surface area contributed by atoms with Crippen molar-refractivity contribution in [1.29, 1.82) is 0 Å². The highest BCUT2D eigenvalue weighted by Crippen LogP contribution is 2.68. The van der Waals surface area contributed by atoms with Gasteiger partial charge in [-0.15, -0.1) is 0 Å². The number of hydrogen-bond acceptors (Lipinski definition) is 4. The van der Waals surface area contributed by atoms with Crippen LogP contribution in [-0.4, -0.2) is 29.6 Å². The third kappa shape index (κ3) is 3.77. The molecule has 0 radical (unpaired) electrons. The molecule has 4 aliphatic carbocycles. The molecule has 10 atom stereocenters. The number of Topliss-reactive ketones (excluding diaryl/α,β-unsaturated/α-hetero) is 1. The summed E-state index contributed by atoms with van der Waals surface area (Å²) in [6.07, 6.45) is 9.61. The Labute approximate surface area is 195 Å². The summed E-state index contributed by atoms with van der Waals surface area (Å²) in [7, 11) is 0. The van der Waals surface area contributed by atoms with Crippen molar-refractivity contribution in [3.63, 3.8) is 0 Å². The fourth-order valence-electron chi connectivity index (χ4n) is 9.39. The summed E-state index contributed by atoms with van der Waals surface area (Å²) in [5.41, 5.74) is 0.411. The van der Waals surface area contributed by atoms with Gasteiger partial charge in [0.2, 0.25) is 0 Å². The smallest absolute Gasteiger partial charge is 0.305 e. The zero-order valence-corrected chi connectivity index (χ0v) is 21.1. The van der Waals surface area contributed by atoms with Crippen LogP contribution in [0.3, 0.4) is 0 Å². The van der Waals surface area contributed by atoms with E-state index in [1.54, 1.807) is 0 Å². The summed E-state index contributed by atoms with van der Waals surface area (Å²) in [6, 6.07) is 0. The molecule has 0 spiro atoms. The van der Waals surface area contributed by atoms with Gasteiger partial charge in [0, 0.05) is 18.3 Å². The lowest BCUT2D eigenvalue weighted by Gasteiger charge is -2.62. The van der Waals surface area contributed by atoms with E-state index >= 15 is 0 Å². The van der Waals surface area contributed by atoms with Crippen molar-refractivity contribution in [2.75, 3.05) is 6.61 Å². The van der Waals surface area contributed by atoms with E-state index in [0.29, 0.717) is 48.4 Å². The van der Waals surface area contributed by atoms with Crippen molar-refractivity contribution in [3.8, 4) is 0 Å². The van der Waals surface area contributed by atoms with Gasteiger partial charge in [-0.05, 0) is 105 Å². The minimum Gasteiger partial charge on any atom is -0.466 e. The van der Waals surface area contributed by atoms with Crippen molar-refractivity contribution < 1.29 is 19.4 Å². The Hall–Kier alpha value is -0.900. The number of carbonyl (C=O) groups is 2. The Morgan fingerprint density at radius 3 is 2.44 bits per heavy atom. The number of esters is 1. The first-order chi connectivity index (χ1) is 15.2. The van der Waals surface area contributed by atoms with Crippen LogP contribution < -0.4 is 0 Å². The SMILES string of the molecule is CCOC(=O)CC[C@@H](C)C1CCC2C3C(=O)[C@H](CC)[C@@H]4C[C@H](O)CC[C@]4(C)C3CC[C@@]21C. The maximum absolute atomic E-state index is 14.0. The second-order valence-electron chi connectivity index (χ2n) is 12.2. The molecule has 4 nitrogen and oxygen atoms in total. The highest BCUT2D eigenvalue weighted by molar-refractivity contribution is 5.86. The second-order valence-corrected chi connectivity index (χ2v) is 12.2. The zero-order chi connectivity index (χ0) is 23.3. The van der Waals surface area contributed by atoms with Gasteiger partial charge < -0.3 is 9.84 Å². The molecule has 0 heterocycles. The van der Waals surface area contributed by atoms with Crippen LogP contribution in [0, 0.1) is 52.3 Å². The quantitative estimate of drug-likeness (QED) is 0.524. The molecule has 0 aliphatic heterocycles. The fourth-order valence-corrected chi connectivity index (χ4v) is 9.39. The Morgan fingerprint density at radius 2 is 1.75 bits per heavy atom. The van der Waals surface area contributed by atoms with Gasteiger partial charge in [-0.1, -0.05) is 27.7 Å². The molecule has 1 N–H and O–H groups in total. The number of ether oxygens (including phenoxy) is 1. The van der Waals surface area contributed by atoms with E-state index < -0.39 is 0 Å². The van der Waals surface area contributed by atoms with Gasteiger partial charge in [-0.2, -0.15) is 0 Å². The van der Waals surface area contributed by atoms with E-state index in [-0.39, 0.29) is 34.7 Å². The Kier molecular flexibility index (Phi) is 6.85. The molecule has 0 saturated heterocycles. The highest BCUT2D eigenvalue weighted by atomic mass is 16.5. The van der Waals surface area contributed by atoms with E-state index in [1.165, 1.54) is 12.8 Å². The van der Waals surface area contributed by atoms with Gasteiger partial charge in [-0.25, -0.2) is 0 Å². The molecule has 0 aromatic heterocycles. The molecule has 4 aliphatic rings. The van der Waals surface area contributed by atoms with Crippen LogP contribution in [0.15, 0.2) is 0 Å². The summed E-state index contributed by atoms with van der Waals surface area (Å²) >= 11 is 0. The first kappa shape index (κ1) is 24.2. The van der Waals surface area contributed by atoms with E-state index in [9.17, 15) is 14.7 Å². The van der Waals surface area contributed by atoms with Gasteiger partial charge >= 0.3 is 5.97 Å². The van der Waals surface area contributed by atoms with E-state index in [4.69, 9.17) is 4.74 Å². The number of rotatable bonds is 6. The molecule has 182 valence electrons. The third-order valence-corrected chi connectivity index (χ3v) is 11.0. The number of hydrogen-bond donors (Lipinski definition) is 1. The topological polar surface area (TPSA) is 63.6 Å². The van der Waals surface area contributed by atoms with Crippen molar-refractivity contribution in [3.05, 3.63) is 0 Å². The molecule has 4 unspecified atom stereocenters. The minimum atomic E-state index is -0.226. The number of carbonyl (C=O) groups excluding carboxylic acids is 2. The van der Waals surface area contributed by atoms with Crippen LogP contribution in [0.4, 0.5) is 0 Å². The summed E-state index contributed by atoms with van der Waals surface area (Å²) < 4.78 is 5.16. The Morgan fingerprint density at radius 1 is 1.06 bits per heavy atom. The molecule has 0 aromatic rings. The summed E-state index contributed by atoms with van der Waals surface area (Å²) in [5.74, 6) is 3.20. The third-order valence-electron chi connectivity index (χ3n) is 11.0. The molecule has 4 rings (SSSR count). The maximum atomic E-state index is 14.0. The van der Waals surface area contributed by atoms with Crippen LogP contribution in [-0.2, 0) is 14.3 Å². The van der Waals surface area contributed by atoms with E-state index in [0.717, 1.165) is 44.9 Å². The average molecular weight is 447 g/mol. The van der Waals surface area contributed by atoms with E-state index in [2.05, 4.69) is 27.7 Å². The van der Waals surface area contributed by atoms with Crippen LogP contribution in [0.1, 0.15) is 98.8 Å². The monoisotopic (exact) mass is 446 g/mol. The van der Waals surface area contributed by atoms with Gasteiger partial charge in [0.25, 0.3) is 0 Å². The van der Waals surface area contributed by atoms with E-state index in [1.807, 2.05) is 6.92 Å². The van der Waals surface area contributed by atoms with Crippen LogP contribution in [0.5, 0.6) is 0 Å². The van der Waals surface area contributed by atoms with Gasteiger partial charge in [0.15, 0.2) is 0 Å². The molecule has 0 aromatic carbocycles. The predicted octanol–water partition coefficient (Wildman–Crippen LogP) is 5.80. The lowest BCUT2D eigenvalue weighted by atomic mass is 9.42. The summed E-state index contributed by atoms with van der Waals surface area (Å²) in [5, 5.41) is 10.4. The highest BCUT2D eigenvalue weighted by Gasteiger charge is 2.65. The maximum Gasteiger partial charge on any atom is 0.305 e. The number of fused-ring (bicyclic) bond motifs is 5. The minimum absolute atomic E-state index is 0.0746. The molecule has 0 bridgehead atoms. The molecule has 0 amide bonds. The molecular weight excluding hydrogens is 400 g/mol. The number of aliphatic hydroxyl groups is 1. The van der Waals surface area contributed by atoms with Crippen molar-refractivity contribution in [2.45, 2.75) is 105 Å². The first-order valence-electron chi connectivity index (χ1n) is 13.5. The molecule has 4 fully saturated rings. The predicted molar refractivity (Wildman–Crippen MR) is 126 cm³/mol. The van der Waals surface area contributed by atoms with Crippen molar-refractivity contribution in [2.24, 2.45) is 52.3 Å². The average Bonchev–Trinajstić information content (AvgIpc) is 3.11. The Balaban J connectivity index is 1.56. The van der Waals surface area contributed by atoms with Crippen molar-refractivity contribution in [1.82, 2.24) is 0 Å². The largest absolute Gasteiger partial charge is 0.466 e. The van der Waals surface area contributed by atoms with Gasteiger partial charge in [-0.3, -0.25) is 9.59 Å². The van der Waals surface area contributed by atoms with Crippen LogP contribution in [0.25, 0.3) is 0 Å². The standard InChI is InChI=1S/C28H46O4/c1-6-19-23-16-18(29)12-14-28(23,5)22-13-15-27(4)20(9-10-21(27)25(22)26(19)31)17(3)8-11-24(30)32-7-2/h17-23,25,29H,6-16H2,1-5H3/t17-,18-,19-,20?,21?,22?,23+,25?,27-,28-/m1/s1. The molecule has 4 saturated carbocycles. The Bertz CT molecular complexity index is 718. The first-order valence-corrected chi connectivity index (χ1v) is 13.5. The van der Waals surface area contributed by atoms with Crippen LogP contribution >= 0.6 is 0 Å². The fraction of sp³-hybridized carbons (Fsp3) is 0.929. The summed E-state index contributed by atoms with van der Waals surface area (Å²) in [6.45, 7) is 11.8. The van der Waals surface area contributed by atoms with Crippen molar-refractivity contribution >= 4 is 11.8 Å². The molecular formula is C28H46O4. The molecule has 4 heteroatoms. The van der Waals surface area contributed by atoms with Crippen LogP contribution in [0.2, 0.25) is 0 Å². The normalized spacial score (nSPS) is 46.7. The lowest BCUT2D eigenvalue weighted by Crippen LogP contribution is -2.60. The lowest BCUT2D eigenvalue weighted by molar-refractivity contribution is -0.173. The molecule has 32 heavy (non-hydrogen) atoms. The second kappa shape index (κ2) is 9.04. The number of aliphatic hydroxyl groups excluding tert-OH is 1. The van der Waals surface area contributed by atoms with Gasteiger partial charge in [0.1, 0.15) is 5.78 Å². The zero-order valence-electron chi connectivity index (χ0n) is 21.1. The van der Waals surface area contributed by atoms with Gasteiger partial charge in [0.05, 0.1) is 12.7 Å². The summed E-state index contributed by atoms with van der Waals surface area (Å²) in [4.78, 5) is 25.9.